The summed E-state index contributed by atoms with van der Waals surface area (Å²) in [5.41, 5.74) is 1.35. The Morgan fingerprint density at radius 3 is 2.57 bits per heavy atom. The number of aromatic nitrogens is 1. The fraction of sp³-hybridized carbons (Fsp3) is 0.250. The van der Waals surface area contributed by atoms with Crippen molar-refractivity contribution in [3.8, 4) is 0 Å². The number of aliphatic carboxylic acids is 1. The number of nitrogens with zero attached hydrogens (tertiary/aromatic N) is 2. The first-order valence-electron chi connectivity index (χ1n) is 9.14. The van der Waals surface area contributed by atoms with E-state index in [1.807, 2.05) is 6.07 Å². The first-order valence-corrected chi connectivity index (χ1v) is 11.9. The smallest absolute Gasteiger partial charge is 0.323 e. The van der Waals surface area contributed by atoms with Gasteiger partial charge in [-0.3, -0.25) is 9.00 Å². The minimum absolute atomic E-state index is 0.0415. The molecule has 4 rings (SSSR count). The highest BCUT2D eigenvalue weighted by Crippen LogP contribution is 2.35. The Hall–Kier alpha value is -2.56. The quantitative estimate of drug-likeness (QED) is 0.643. The number of carboxylic acid groups (broad SMARTS) is 1. The number of fused-ring (bicyclic) bond motifs is 3. The molecule has 2 atom stereocenters. The summed E-state index contributed by atoms with van der Waals surface area (Å²) in [4.78, 5) is 11.3. The van der Waals surface area contributed by atoms with Gasteiger partial charge in [0.2, 0.25) is 10.0 Å². The second-order valence-electron chi connectivity index (χ2n) is 7.13. The maximum atomic E-state index is 13.2. The number of rotatable bonds is 5. The van der Waals surface area contributed by atoms with Crippen molar-refractivity contribution in [1.29, 1.82) is 0 Å². The van der Waals surface area contributed by atoms with Crippen LogP contribution in [0.25, 0.3) is 10.9 Å². The van der Waals surface area contributed by atoms with E-state index in [2.05, 4.69) is 0 Å². The molecule has 1 aromatic heterocycles. The second-order valence-corrected chi connectivity index (χ2v) is 10.5. The summed E-state index contributed by atoms with van der Waals surface area (Å²) in [6.45, 7) is -0.323. The van der Waals surface area contributed by atoms with Crippen LogP contribution in [0.2, 0.25) is 0 Å². The molecule has 0 spiro atoms. The normalized spacial score (nSPS) is 19.2. The first kappa shape index (κ1) is 20.7. The molecule has 10 heteroatoms. The molecule has 7 nitrogen and oxygen atoms in total. The van der Waals surface area contributed by atoms with E-state index in [1.165, 1.54) is 28.1 Å². The molecule has 0 radical (unpaired) electrons. The lowest BCUT2D eigenvalue weighted by atomic mass is 10.1. The van der Waals surface area contributed by atoms with E-state index in [0.717, 1.165) is 17.5 Å². The maximum Gasteiger partial charge on any atom is 0.323 e. The van der Waals surface area contributed by atoms with Crippen LogP contribution < -0.4 is 0 Å². The van der Waals surface area contributed by atoms with E-state index in [9.17, 15) is 26.9 Å². The van der Waals surface area contributed by atoms with E-state index >= 15 is 0 Å². The zero-order chi connectivity index (χ0) is 21.6. The summed E-state index contributed by atoms with van der Waals surface area (Å²) >= 11 is 0. The third kappa shape index (κ3) is 3.44. The molecular formula is C20H19FN2O5S2. The lowest BCUT2D eigenvalue weighted by Gasteiger charge is -2.30. The molecule has 1 aliphatic rings. The number of carbonyl (C=O) groups is 1. The molecule has 0 bridgehead atoms. The molecule has 2 unspecified atom stereocenters. The highest BCUT2D eigenvalue weighted by molar-refractivity contribution is 7.89. The van der Waals surface area contributed by atoms with Gasteiger partial charge in [0, 0.05) is 29.7 Å². The fourth-order valence-electron chi connectivity index (χ4n) is 3.85. The average Bonchev–Trinajstić information content (AvgIpc) is 3.01. The number of sulfonamides is 1. The van der Waals surface area contributed by atoms with Crippen LogP contribution in [0.1, 0.15) is 5.56 Å². The van der Waals surface area contributed by atoms with Crippen molar-refractivity contribution < 1.29 is 26.9 Å². The van der Waals surface area contributed by atoms with Crippen LogP contribution >= 0.6 is 0 Å². The number of carboxylic acids is 1. The Labute approximate surface area is 175 Å². The molecule has 1 N–H and O–H groups in total. The van der Waals surface area contributed by atoms with Crippen LogP contribution in [0.15, 0.2) is 58.5 Å². The molecule has 0 aliphatic carbocycles. The minimum atomic E-state index is -3.92. The van der Waals surface area contributed by atoms with Crippen LogP contribution in [0.3, 0.4) is 0 Å². The summed E-state index contributed by atoms with van der Waals surface area (Å²) in [5.74, 6) is -1.54. The fourth-order valence-corrected chi connectivity index (χ4v) is 7.03. The molecule has 1 aliphatic heterocycles. The van der Waals surface area contributed by atoms with Gasteiger partial charge in [-0.15, -0.1) is 0 Å². The number of para-hydroxylation sites is 1. The first-order chi connectivity index (χ1) is 14.2. The van der Waals surface area contributed by atoms with E-state index < -0.39 is 38.7 Å². The van der Waals surface area contributed by atoms with Gasteiger partial charge in [-0.2, -0.15) is 4.31 Å². The zero-order valence-corrected chi connectivity index (χ0v) is 17.6. The summed E-state index contributed by atoms with van der Waals surface area (Å²) in [5, 5.41) is 10.5. The molecule has 0 saturated heterocycles. The summed E-state index contributed by atoms with van der Waals surface area (Å²) in [7, 11) is -4.08. The molecule has 2 aromatic carbocycles. The van der Waals surface area contributed by atoms with Crippen LogP contribution in [-0.2, 0) is 38.6 Å². The van der Waals surface area contributed by atoms with Crippen molar-refractivity contribution in [2.75, 3.05) is 12.8 Å². The van der Waals surface area contributed by atoms with Crippen molar-refractivity contribution in [3.63, 3.8) is 0 Å². The molecule has 30 heavy (non-hydrogen) atoms. The van der Waals surface area contributed by atoms with E-state index in [4.69, 9.17) is 0 Å². The van der Waals surface area contributed by atoms with Gasteiger partial charge in [-0.05, 0) is 42.3 Å². The Kier molecular flexibility index (Phi) is 5.25. The van der Waals surface area contributed by atoms with Crippen molar-refractivity contribution in [1.82, 2.24) is 8.87 Å². The van der Waals surface area contributed by atoms with Crippen LogP contribution in [-0.4, -0.2) is 51.4 Å². The standard InChI is InChI=1S/C20H19FN2O5S2/c1-22(30(27,28)15-8-6-13(21)7-9-15)14-10-17-16-4-2-3-5-18(16)23(11-19(24)25)20(17)29(26)12-14/h2-9,14H,10-12H2,1H3,(H,24,25). The van der Waals surface area contributed by atoms with E-state index in [0.29, 0.717) is 22.5 Å². The van der Waals surface area contributed by atoms with Gasteiger partial charge in [-0.25, -0.2) is 12.8 Å². The predicted molar refractivity (Wildman–Crippen MR) is 110 cm³/mol. The van der Waals surface area contributed by atoms with E-state index in [1.54, 1.807) is 18.2 Å². The monoisotopic (exact) mass is 450 g/mol. The SMILES string of the molecule is CN(C1Cc2c(n(CC(=O)O)c3ccccc23)S(=O)C1)S(=O)(=O)c1ccc(F)cc1. The lowest BCUT2D eigenvalue weighted by molar-refractivity contribution is -0.137. The van der Waals surface area contributed by atoms with Crippen molar-refractivity contribution in [3.05, 3.63) is 59.9 Å². The van der Waals surface area contributed by atoms with Gasteiger partial charge in [0.25, 0.3) is 0 Å². The predicted octanol–water partition coefficient (Wildman–Crippen LogP) is 2.22. The summed E-state index contributed by atoms with van der Waals surface area (Å²) < 4.78 is 55.0. The Morgan fingerprint density at radius 2 is 1.90 bits per heavy atom. The van der Waals surface area contributed by atoms with Gasteiger partial charge < -0.3 is 9.67 Å². The van der Waals surface area contributed by atoms with Gasteiger partial charge >= 0.3 is 5.97 Å². The van der Waals surface area contributed by atoms with Crippen LogP contribution in [0, 0.1) is 5.82 Å². The number of hydrogen-bond donors (Lipinski definition) is 1. The van der Waals surface area contributed by atoms with Crippen molar-refractivity contribution in [2.45, 2.75) is 28.9 Å². The second kappa shape index (κ2) is 7.60. The molecule has 0 fully saturated rings. The van der Waals surface area contributed by atoms with Gasteiger partial charge in [0.1, 0.15) is 17.4 Å². The number of likely N-dealkylation sites (N-methyl/N-ethyl adjacent to an activating group) is 1. The largest absolute Gasteiger partial charge is 0.480 e. The number of benzene rings is 2. The Morgan fingerprint density at radius 1 is 1.23 bits per heavy atom. The molecular weight excluding hydrogens is 431 g/mol. The molecule has 2 heterocycles. The third-order valence-corrected chi connectivity index (χ3v) is 8.83. The highest BCUT2D eigenvalue weighted by Gasteiger charge is 2.37. The van der Waals surface area contributed by atoms with Crippen molar-refractivity contribution >= 4 is 37.7 Å². The molecule has 0 amide bonds. The maximum absolute atomic E-state index is 13.2. The third-order valence-electron chi connectivity index (χ3n) is 5.32. The number of hydrogen-bond acceptors (Lipinski definition) is 4. The van der Waals surface area contributed by atoms with Gasteiger partial charge in [-0.1, -0.05) is 18.2 Å². The van der Waals surface area contributed by atoms with Crippen LogP contribution in [0.4, 0.5) is 4.39 Å². The van der Waals surface area contributed by atoms with Crippen molar-refractivity contribution in [2.24, 2.45) is 0 Å². The van der Waals surface area contributed by atoms with E-state index in [-0.39, 0.29) is 17.2 Å². The average molecular weight is 451 g/mol. The van der Waals surface area contributed by atoms with Crippen LogP contribution in [0.5, 0.6) is 0 Å². The van der Waals surface area contributed by atoms with Gasteiger partial charge in [0.15, 0.2) is 0 Å². The molecule has 3 aromatic rings. The summed E-state index contributed by atoms with van der Waals surface area (Å²) in [6.07, 6.45) is 0.297. The minimum Gasteiger partial charge on any atom is -0.480 e. The lowest BCUT2D eigenvalue weighted by Crippen LogP contribution is -2.44. The Balaban J connectivity index is 1.76. The molecule has 0 saturated carbocycles. The summed E-state index contributed by atoms with van der Waals surface area (Å²) in [6, 6.07) is 11.1. The molecule has 158 valence electrons. The highest BCUT2D eigenvalue weighted by atomic mass is 32.2. The zero-order valence-electron chi connectivity index (χ0n) is 16.0. The Bertz CT molecular complexity index is 1270. The van der Waals surface area contributed by atoms with Gasteiger partial charge in [0.05, 0.1) is 15.7 Å². The number of halogens is 1. The topological polar surface area (TPSA) is 96.7 Å².